The number of benzene rings is 3. The number of amides is 2. The average molecular weight is 536 g/mol. The lowest BCUT2D eigenvalue weighted by Crippen LogP contribution is -2.44. The predicted molar refractivity (Wildman–Crippen MR) is 144 cm³/mol. The molecule has 0 spiro atoms. The van der Waals surface area contributed by atoms with Crippen LogP contribution in [0.1, 0.15) is 29.3 Å². The summed E-state index contributed by atoms with van der Waals surface area (Å²) in [6.07, 6.45) is -0.0317. The third kappa shape index (κ3) is 6.77. The summed E-state index contributed by atoms with van der Waals surface area (Å²) in [5, 5.41) is 2.40. The van der Waals surface area contributed by atoms with Crippen LogP contribution in [-0.2, 0) is 20.9 Å². The van der Waals surface area contributed by atoms with Gasteiger partial charge in [0.05, 0.1) is 31.5 Å². The van der Waals surface area contributed by atoms with Crippen molar-refractivity contribution in [3.63, 3.8) is 0 Å². The number of amidine groups is 1. The number of carbonyl (C=O) groups is 3. The third-order valence-electron chi connectivity index (χ3n) is 5.65. The van der Waals surface area contributed by atoms with Gasteiger partial charge in [0.15, 0.2) is 5.17 Å². The molecule has 3 aromatic carbocycles. The van der Waals surface area contributed by atoms with Gasteiger partial charge in [-0.1, -0.05) is 23.9 Å². The molecule has 3 aromatic rings. The van der Waals surface area contributed by atoms with Crippen molar-refractivity contribution in [3.8, 4) is 5.75 Å². The maximum absolute atomic E-state index is 13.4. The Kier molecular flexibility index (Phi) is 8.75. The molecular formula is C28H26FN3O5S. The second-order valence-electron chi connectivity index (χ2n) is 8.30. The Morgan fingerprint density at radius 2 is 1.74 bits per heavy atom. The van der Waals surface area contributed by atoms with Crippen LogP contribution < -0.4 is 10.1 Å². The average Bonchev–Trinajstić information content (AvgIpc) is 2.92. The standard InChI is InChI=1S/C28H26FN3O5S/c1-3-37-27(35)19-6-10-21(11-7-19)30-26(34)24-16-25(33)32(17-18-4-14-23(36-2)15-5-18)28(38-24)31-22-12-8-20(29)9-13-22/h4-15,24H,3,16-17H2,1-2H3,(H,30,34)/t24-/m1/s1. The maximum atomic E-state index is 13.4. The van der Waals surface area contributed by atoms with E-state index in [0.717, 1.165) is 17.3 Å². The van der Waals surface area contributed by atoms with Crippen molar-refractivity contribution in [1.82, 2.24) is 4.90 Å². The highest BCUT2D eigenvalue weighted by atomic mass is 32.2. The first-order valence-corrected chi connectivity index (χ1v) is 12.8. The zero-order chi connectivity index (χ0) is 27.1. The number of methoxy groups -OCH3 is 1. The van der Waals surface area contributed by atoms with Crippen LogP contribution in [0.25, 0.3) is 0 Å². The number of hydrogen-bond acceptors (Lipinski definition) is 7. The van der Waals surface area contributed by atoms with Gasteiger partial charge in [-0.3, -0.25) is 14.5 Å². The predicted octanol–water partition coefficient (Wildman–Crippen LogP) is 5.17. The maximum Gasteiger partial charge on any atom is 0.338 e. The molecule has 2 amide bonds. The molecule has 1 N–H and O–H groups in total. The van der Waals surface area contributed by atoms with Crippen LogP contribution in [-0.4, -0.2) is 46.8 Å². The van der Waals surface area contributed by atoms with Crippen LogP contribution in [0, 0.1) is 5.82 Å². The van der Waals surface area contributed by atoms with Crippen LogP contribution in [0.5, 0.6) is 5.75 Å². The molecule has 0 aromatic heterocycles. The van der Waals surface area contributed by atoms with E-state index in [1.54, 1.807) is 50.4 Å². The van der Waals surface area contributed by atoms with E-state index in [0.29, 0.717) is 27.9 Å². The van der Waals surface area contributed by atoms with E-state index < -0.39 is 17.0 Å². The number of nitrogens with one attached hydrogen (secondary N) is 1. The lowest BCUT2D eigenvalue weighted by molar-refractivity contribution is -0.129. The Bertz CT molecular complexity index is 1330. The van der Waals surface area contributed by atoms with Gasteiger partial charge in [-0.25, -0.2) is 14.2 Å². The van der Waals surface area contributed by atoms with Gasteiger partial charge >= 0.3 is 5.97 Å². The van der Waals surface area contributed by atoms with E-state index in [-0.39, 0.29) is 31.4 Å². The van der Waals surface area contributed by atoms with Gasteiger partial charge in [0, 0.05) is 12.1 Å². The highest BCUT2D eigenvalue weighted by molar-refractivity contribution is 8.15. The van der Waals surface area contributed by atoms with E-state index in [2.05, 4.69) is 10.3 Å². The van der Waals surface area contributed by atoms with Gasteiger partial charge in [0.25, 0.3) is 0 Å². The van der Waals surface area contributed by atoms with Crippen LogP contribution in [0.2, 0.25) is 0 Å². The molecule has 0 radical (unpaired) electrons. The monoisotopic (exact) mass is 535 g/mol. The summed E-state index contributed by atoms with van der Waals surface area (Å²) in [7, 11) is 1.58. The second kappa shape index (κ2) is 12.4. The van der Waals surface area contributed by atoms with E-state index in [9.17, 15) is 18.8 Å². The summed E-state index contributed by atoms with van der Waals surface area (Å²) < 4.78 is 23.6. The summed E-state index contributed by atoms with van der Waals surface area (Å²) in [6, 6.07) is 19.2. The fourth-order valence-electron chi connectivity index (χ4n) is 3.66. The first-order valence-electron chi connectivity index (χ1n) is 11.9. The smallest absolute Gasteiger partial charge is 0.338 e. The molecule has 1 aliphatic rings. The Hall–Kier alpha value is -4.18. The molecule has 1 atom stereocenters. The number of esters is 1. The number of anilines is 1. The molecule has 4 rings (SSSR count). The number of thioether (sulfide) groups is 1. The third-order valence-corrected chi connectivity index (χ3v) is 6.83. The number of ether oxygens (including phenoxy) is 2. The number of rotatable bonds is 8. The molecule has 1 heterocycles. The second-order valence-corrected chi connectivity index (χ2v) is 9.47. The summed E-state index contributed by atoms with van der Waals surface area (Å²) in [6.45, 7) is 2.24. The Morgan fingerprint density at radius 1 is 1.05 bits per heavy atom. The first-order chi connectivity index (χ1) is 18.4. The van der Waals surface area contributed by atoms with Gasteiger partial charge in [-0.05, 0) is 73.2 Å². The Morgan fingerprint density at radius 3 is 2.37 bits per heavy atom. The molecule has 0 saturated carbocycles. The Labute approximate surface area is 223 Å². The van der Waals surface area contributed by atoms with Gasteiger partial charge in [0.1, 0.15) is 16.8 Å². The van der Waals surface area contributed by atoms with Crippen LogP contribution in [0.3, 0.4) is 0 Å². The molecule has 1 fully saturated rings. The molecule has 196 valence electrons. The van der Waals surface area contributed by atoms with Crippen LogP contribution >= 0.6 is 11.8 Å². The number of carbonyl (C=O) groups excluding carboxylic acids is 3. The number of aliphatic imine (C=N–C) groups is 1. The largest absolute Gasteiger partial charge is 0.497 e. The number of hydrogen-bond donors (Lipinski definition) is 1. The van der Waals surface area contributed by atoms with E-state index >= 15 is 0 Å². The quantitative estimate of drug-likeness (QED) is 0.400. The molecule has 1 aliphatic heterocycles. The lowest BCUT2D eigenvalue weighted by atomic mass is 10.1. The van der Waals surface area contributed by atoms with Crippen molar-refractivity contribution in [3.05, 3.63) is 89.7 Å². The minimum atomic E-state index is -0.737. The van der Waals surface area contributed by atoms with Crippen molar-refractivity contribution in [2.24, 2.45) is 4.99 Å². The van der Waals surface area contributed by atoms with Crippen molar-refractivity contribution in [1.29, 1.82) is 0 Å². The van der Waals surface area contributed by atoms with Crippen molar-refractivity contribution >= 4 is 46.1 Å². The summed E-state index contributed by atoms with van der Waals surface area (Å²) in [4.78, 5) is 44.3. The highest BCUT2D eigenvalue weighted by Gasteiger charge is 2.36. The molecular weight excluding hydrogens is 509 g/mol. The fourth-order valence-corrected chi connectivity index (χ4v) is 4.76. The van der Waals surface area contributed by atoms with Crippen molar-refractivity contribution < 1.29 is 28.2 Å². The van der Waals surface area contributed by atoms with Gasteiger partial charge in [-0.2, -0.15) is 0 Å². The topological polar surface area (TPSA) is 97.3 Å². The van der Waals surface area contributed by atoms with Crippen molar-refractivity contribution in [2.45, 2.75) is 25.1 Å². The zero-order valence-electron chi connectivity index (χ0n) is 20.8. The van der Waals surface area contributed by atoms with Crippen LogP contribution in [0.15, 0.2) is 77.8 Å². The van der Waals surface area contributed by atoms with Crippen molar-refractivity contribution in [2.75, 3.05) is 19.0 Å². The summed E-state index contributed by atoms with van der Waals surface area (Å²) in [5.41, 5.74) is 2.16. The molecule has 8 nitrogen and oxygen atoms in total. The fraction of sp³-hybridized carbons (Fsp3) is 0.214. The van der Waals surface area contributed by atoms with E-state index in [1.165, 1.54) is 29.2 Å². The minimum absolute atomic E-state index is 0.0317. The molecule has 38 heavy (non-hydrogen) atoms. The normalized spacial score (nSPS) is 16.3. The molecule has 0 aliphatic carbocycles. The van der Waals surface area contributed by atoms with E-state index in [4.69, 9.17) is 9.47 Å². The SMILES string of the molecule is CCOC(=O)c1ccc(NC(=O)[C@H]2CC(=O)N(Cc3ccc(OC)cc3)C(=Nc3ccc(F)cc3)S2)cc1. The lowest BCUT2D eigenvalue weighted by Gasteiger charge is -2.32. The molecule has 0 bridgehead atoms. The number of halogens is 1. The minimum Gasteiger partial charge on any atom is -0.497 e. The summed E-state index contributed by atoms with van der Waals surface area (Å²) >= 11 is 1.16. The van der Waals surface area contributed by atoms with Gasteiger partial charge < -0.3 is 14.8 Å². The zero-order valence-corrected chi connectivity index (χ0v) is 21.7. The molecule has 0 unspecified atom stereocenters. The summed E-state index contributed by atoms with van der Waals surface area (Å²) in [5.74, 6) is -0.790. The molecule has 10 heteroatoms. The van der Waals surface area contributed by atoms with E-state index in [1.807, 2.05) is 12.1 Å². The van der Waals surface area contributed by atoms with Crippen LogP contribution in [0.4, 0.5) is 15.8 Å². The number of nitrogens with zero attached hydrogens (tertiary/aromatic N) is 2. The Balaban J connectivity index is 1.53. The first kappa shape index (κ1) is 26.9. The highest BCUT2D eigenvalue weighted by Crippen LogP contribution is 2.31. The van der Waals surface area contributed by atoms with Gasteiger partial charge in [0.2, 0.25) is 11.8 Å². The molecule has 1 saturated heterocycles. The van der Waals surface area contributed by atoms with Gasteiger partial charge in [-0.15, -0.1) is 0 Å².